The van der Waals surface area contributed by atoms with Crippen molar-refractivity contribution in [3.63, 3.8) is 0 Å². The fourth-order valence-electron chi connectivity index (χ4n) is 2.37. The minimum absolute atomic E-state index is 0. The van der Waals surface area contributed by atoms with E-state index in [1.165, 1.54) is 35.6 Å². The first kappa shape index (κ1) is 19.3. The first-order valence-corrected chi connectivity index (χ1v) is 8.49. The van der Waals surface area contributed by atoms with Crippen LogP contribution in [0.25, 0.3) is 10.2 Å². The molecule has 1 aromatic heterocycles. The molecule has 3 aromatic rings. The normalized spacial score (nSPS) is 11.6. The molecule has 2 aromatic carbocycles. The molecule has 0 aliphatic heterocycles. The number of ketones is 1. The summed E-state index contributed by atoms with van der Waals surface area (Å²) >= 11 is 1.47. The number of nitrogens with zero attached hydrogens (tertiary/aromatic N) is 1. The van der Waals surface area contributed by atoms with Gasteiger partial charge in [-0.25, -0.2) is 9.37 Å². The minimum atomic E-state index is -0.466. The summed E-state index contributed by atoms with van der Waals surface area (Å²) < 4.78 is 19.5. The van der Waals surface area contributed by atoms with Crippen molar-refractivity contribution in [2.75, 3.05) is 11.9 Å². The van der Waals surface area contributed by atoms with Crippen molar-refractivity contribution < 1.29 is 30.9 Å². The molecule has 132 valence electrons. The van der Waals surface area contributed by atoms with E-state index < -0.39 is 6.04 Å². The molecule has 0 spiro atoms. The van der Waals surface area contributed by atoms with Crippen LogP contribution >= 0.6 is 11.3 Å². The third-order valence-electron chi connectivity index (χ3n) is 3.54. The lowest BCUT2D eigenvalue weighted by Crippen LogP contribution is -3.00. The Hall–Kier alpha value is -1.99. The summed E-state index contributed by atoms with van der Waals surface area (Å²) in [5, 5.41) is 3.77. The predicted octanol–water partition coefficient (Wildman–Crippen LogP) is 1.52. The van der Waals surface area contributed by atoms with Crippen molar-refractivity contribution in [2.24, 2.45) is 0 Å². The van der Waals surface area contributed by atoms with E-state index in [0.717, 1.165) is 16.0 Å². The monoisotopic (exact) mass is 423 g/mol. The van der Waals surface area contributed by atoms with Gasteiger partial charge >= 0.3 is 0 Å². The average molecular weight is 424 g/mol. The van der Waals surface area contributed by atoms with E-state index in [4.69, 9.17) is 4.74 Å². The van der Waals surface area contributed by atoms with Gasteiger partial charge in [0.25, 0.3) is 0 Å². The third kappa shape index (κ3) is 4.35. The van der Waals surface area contributed by atoms with Crippen molar-refractivity contribution in [1.29, 1.82) is 0 Å². The van der Waals surface area contributed by atoms with Gasteiger partial charge in [0, 0.05) is 5.56 Å². The summed E-state index contributed by atoms with van der Waals surface area (Å²) in [6, 6.07) is 10.8. The molecule has 1 unspecified atom stereocenters. The van der Waals surface area contributed by atoms with Gasteiger partial charge in [-0.1, -0.05) is 17.4 Å². The SMILES string of the molecule is CCOc1cccc2sc(NC(C)C(=O)c3ccc(F)cc3)nc12.[Br-]. The second-order valence-corrected chi connectivity index (χ2v) is 6.32. The molecule has 0 aliphatic carbocycles. The Morgan fingerprint density at radius 3 is 2.68 bits per heavy atom. The molecule has 0 saturated carbocycles. The minimum Gasteiger partial charge on any atom is -1.00 e. The topological polar surface area (TPSA) is 51.2 Å². The lowest BCUT2D eigenvalue weighted by molar-refractivity contribution is -0.0000134. The molecule has 0 radical (unpaired) electrons. The van der Waals surface area contributed by atoms with Gasteiger partial charge < -0.3 is 27.0 Å². The van der Waals surface area contributed by atoms with E-state index in [9.17, 15) is 9.18 Å². The van der Waals surface area contributed by atoms with Crippen molar-refractivity contribution >= 4 is 32.5 Å². The largest absolute Gasteiger partial charge is 1.00 e. The number of Topliss-reactive ketones (excluding diaryl/α,β-unsaturated/α-hetero) is 1. The van der Waals surface area contributed by atoms with E-state index in [-0.39, 0.29) is 28.6 Å². The molecule has 0 fully saturated rings. The number of halogens is 2. The predicted molar refractivity (Wildman–Crippen MR) is 94.6 cm³/mol. The van der Waals surface area contributed by atoms with Crippen LogP contribution in [0.4, 0.5) is 9.52 Å². The third-order valence-corrected chi connectivity index (χ3v) is 4.50. The number of benzene rings is 2. The van der Waals surface area contributed by atoms with Gasteiger partial charge in [0.2, 0.25) is 0 Å². The molecule has 1 heterocycles. The Balaban J connectivity index is 0.00000225. The summed E-state index contributed by atoms with van der Waals surface area (Å²) in [6.07, 6.45) is 0. The number of carbonyl (C=O) groups is 1. The van der Waals surface area contributed by atoms with Crippen LogP contribution in [0.5, 0.6) is 5.75 Å². The Morgan fingerprint density at radius 1 is 1.28 bits per heavy atom. The number of hydrogen-bond acceptors (Lipinski definition) is 5. The van der Waals surface area contributed by atoms with Crippen LogP contribution in [-0.4, -0.2) is 23.4 Å². The number of nitrogens with one attached hydrogen (secondary N) is 1. The molecule has 0 saturated heterocycles. The highest BCUT2D eigenvalue weighted by Gasteiger charge is 2.17. The Bertz CT molecular complexity index is 867. The Morgan fingerprint density at radius 2 is 2.00 bits per heavy atom. The first-order valence-electron chi connectivity index (χ1n) is 7.67. The van der Waals surface area contributed by atoms with E-state index in [1.54, 1.807) is 6.92 Å². The fourth-order valence-corrected chi connectivity index (χ4v) is 3.34. The smallest absolute Gasteiger partial charge is 0.184 e. The van der Waals surface area contributed by atoms with Crippen LogP contribution < -0.4 is 27.0 Å². The highest BCUT2D eigenvalue weighted by Crippen LogP contribution is 2.32. The second-order valence-electron chi connectivity index (χ2n) is 5.29. The number of anilines is 1. The zero-order valence-corrected chi connectivity index (χ0v) is 16.2. The van der Waals surface area contributed by atoms with Gasteiger partial charge in [0.15, 0.2) is 10.9 Å². The van der Waals surface area contributed by atoms with Crippen molar-refractivity contribution in [3.05, 3.63) is 53.8 Å². The average Bonchev–Trinajstić information content (AvgIpc) is 2.98. The maximum Gasteiger partial charge on any atom is 0.184 e. The summed E-state index contributed by atoms with van der Waals surface area (Å²) in [5.41, 5.74) is 1.25. The summed E-state index contributed by atoms with van der Waals surface area (Å²) in [5.74, 6) is 0.262. The molecular weight excluding hydrogens is 407 g/mol. The van der Waals surface area contributed by atoms with Crippen LogP contribution in [0.3, 0.4) is 0 Å². The van der Waals surface area contributed by atoms with Crippen LogP contribution in [0.15, 0.2) is 42.5 Å². The van der Waals surface area contributed by atoms with Crippen molar-refractivity contribution in [2.45, 2.75) is 19.9 Å². The van der Waals surface area contributed by atoms with E-state index in [2.05, 4.69) is 10.3 Å². The highest BCUT2D eigenvalue weighted by molar-refractivity contribution is 7.22. The summed E-state index contributed by atoms with van der Waals surface area (Å²) in [7, 11) is 0. The number of rotatable bonds is 6. The van der Waals surface area contributed by atoms with E-state index in [0.29, 0.717) is 17.3 Å². The van der Waals surface area contributed by atoms with E-state index in [1.807, 2.05) is 25.1 Å². The van der Waals surface area contributed by atoms with Crippen LogP contribution in [0, 0.1) is 5.82 Å². The van der Waals surface area contributed by atoms with Crippen LogP contribution in [0.2, 0.25) is 0 Å². The van der Waals surface area contributed by atoms with Gasteiger partial charge in [0.05, 0.1) is 17.3 Å². The standard InChI is InChI=1S/C18H17FN2O2S.BrH/c1-3-23-14-5-4-6-15-16(14)21-18(24-15)20-11(2)17(22)12-7-9-13(19)10-8-12;/h4-11H,3H2,1-2H3,(H,20,21);1H/p-1. The molecule has 0 aliphatic rings. The highest BCUT2D eigenvalue weighted by atomic mass is 79.9. The van der Waals surface area contributed by atoms with Crippen LogP contribution in [-0.2, 0) is 0 Å². The lowest BCUT2D eigenvalue weighted by atomic mass is 10.1. The molecule has 0 bridgehead atoms. The zero-order valence-electron chi connectivity index (χ0n) is 13.8. The number of aromatic nitrogens is 1. The van der Waals surface area contributed by atoms with Gasteiger partial charge in [-0.15, -0.1) is 0 Å². The molecule has 1 atom stereocenters. The molecule has 0 amide bonds. The van der Waals surface area contributed by atoms with Gasteiger partial charge in [-0.3, -0.25) is 4.79 Å². The molecule has 25 heavy (non-hydrogen) atoms. The second kappa shape index (κ2) is 8.40. The number of fused-ring (bicyclic) bond motifs is 1. The van der Waals surface area contributed by atoms with Gasteiger partial charge in [-0.05, 0) is 50.2 Å². The summed E-state index contributed by atoms with van der Waals surface area (Å²) in [4.78, 5) is 16.9. The number of thiazole rings is 1. The van der Waals surface area contributed by atoms with Gasteiger partial charge in [-0.2, -0.15) is 0 Å². The zero-order chi connectivity index (χ0) is 17.1. The van der Waals surface area contributed by atoms with Gasteiger partial charge in [0.1, 0.15) is 17.1 Å². The Labute approximate surface area is 159 Å². The first-order chi connectivity index (χ1) is 11.6. The molecule has 3 rings (SSSR count). The Kier molecular flexibility index (Phi) is 6.50. The summed E-state index contributed by atoms with van der Waals surface area (Å²) in [6.45, 7) is 4.26. The van der Waals surface area contributed by atoms with Crippen molar-refractivity contribution in [3.8, 4) is 5.75 Å². The molecule has 7 heteroatoms. The maximum atomic E-state index is 13.0. The number of hydrogen-bond donors (Lipinski definition) is 1. The van der Waals surface area contributed by atoms with Crippen molar-refractivity contribution in [1.82, 2.24) is 4.98 Å². The fraction of sp³-hybridized carbons (Fsp3) is 0.222. The van der Waals surface area contributed by atoms with Crippen LogP contribution in [0.1, 0.15) is 24.2 Å². The number of ether oxygens (including phenoxy) is 1. The lowest BCUT2D eigenvalue weighted by Gasteiger charge is -2.11. The quantitative estimate of drug-likeness (QED) is 0.610. The number of carbonyl (C=O) groups excluding carboxylic acids is 1. The van der Waals surface area contributed by atoms with E-state index >= 15 is 0 Å². The molecule has 1 N–H and O–H groups in total. The molecular formula is C18H17BrFN2O2S-. The number of para-hydroxylation sites is 1. The molecule has 4 nitrogen and oxygen atoms in total. The maximum absolute atomic E-state index is 13.0.